The first kappa shape index (κ1) is 14.4. The van der Waals surface area contributed by atoms with Crippen LogP contribution in [0.25, 0.3) is 5.03 Å². The molecule has 1 aromatic carbocycles. The number of rotatable bonds is 3. The molecule has 1 rings (SSSR count). The van der Waals surface area contributed by atoms with Crippen LogP contribution in [-0.4, -0.2) is 15.4 Å². The van der Waals surface area contributed by atoms with Crippen LogP contribution in [0.2, 0.25) is 0 Å². The number of carbonyl (C=O) groups is 1. The second kappa shape index (κ2) is 5.81. The van der Waals surface area contributed by atoms with Gasteiger partial charge >= 0.3 is 5.97 Å². The fraction of sp³-hybridized carbons (Fsp3) is 0.0909. The molecule has 1 aromatic rings. The number of carboxylic acids is 1. The first-order chi connectivity index (χ1) is 7.85. The first-order valence-electron chi connectivity index (χ1n) is 4.34. The quantitative estimate of drug-likeness (QED) is 0.669. The average molecular weight is 312 g/mol. The molecular formula is C11H6Cl4O2. The second-order valence-corrected chi connectivity index (χ2v) is 5.08. The zero-order chi connectivity index (χ0) is 13.1. The zero-order valence-electron chi connectivity index (χ0n) is 8.25. The third kappa shape index (κ3) is 3.67. The van der Waals surface area contributed by atoms with Gasteiger partial charge in [-0.05, 0) is 0 Å². The Balaban J connectivity index is 3.22. The van der Waals surface area contributed by atoms with Crippen LogP contribution in [0.4, 0.5) is 0 Å². The number of aliphatic carboxylic acids is 1. The van der Waals surface area contributed by atoms with Gasteiger partial charge in [-0.2, -0.15) is 0 Å². The summed E-state index contributed by atoms with van der Waals surface area (Å²) in [6.45, 7) is 0. The van der Waals surface area contributed by atoms with Gasteiger partial charge in [0, 0.05) is 5.56 Å². The van der Waals surface area contributed by atoms with E-state index in [1.165, 1.54) is 0 Å². The van der Waals surface area contributed by atoms with Crippen molar-refractivity contribution in [2.24, 2.45) is 0 Å². The third-order valence-corrected chi connectivity index (χ3v) is 3.38. The van der Waals surface area contributed by atoms with Crippen LogP contribution in [0.3, 0.4) is 0 Å². The molecule has 1 N–H and O–H groups in total. The SMILES string of the molecule is O=C(O)C(Cl)(Cl)C(Cl)=C=C(Cl)c1ccccc1. The summed E-state index contributed by atoms with van der Waals surface area (Å²) >= 11 is 22.6. The van der Waals surface area contributed by atoms with E-state index in [2.05, 4.69) is 5.73 Å². The van der Waals surface area contributed by atoms with E-state index in [1.54, 1.807) is 24.3 Å². The predicted octanol–water partition coefficient (Wildman–Crippen LogP) is 4.25. The van der Waals surface area contributed by atoms with Crippen molar-refractivity contribution in [1.82, 2.24) is 0 Å². The lowest BCUT2D eigenvalue weighted by Gasteiger charge is -2.10. The van der Waals surface area contributed by atoms with Crippen molar-refractivity contribution in [2.45, 2.75) is 4.33 Å². The van der Waals surface area contributed by atoms with E-state index in [0.29, 0.717) is 5.56 Å². The van der Waals surface area contributed by atoms with Gasteiger partial charge in [-0.15, -0.1) is 0 Å². The van der Waals surface area contributed by atoms with Crippen LogP contribution in [0.15, 0.2) is 41.1 Å². The van der Waals surface area contributed by atoms with Gasteiger partial charge in [0.2, 0.25) is 0 Å². The van der Waals surface area contributed by atoms with Crippen molar-refractivity contribution >= 4 is 57.4 Å². The molecule has 0 bridgehead atoms. The first-order valence-corrected chi connectivity index (χ1v) is 5.86. The molecule has 0 saturated heterocycles. The molecule has 6 heteroatoms. The molecule has 17 heavy (non-hydrogen) atoms. The minimum absolute atomic E-state index is 0.127. The van der Waals surface area contributed by atoms with E-state index in [-0.39, 0.29) is 5.03 Å². The highest BCUT2D eigenvalue weighted by Gasteiger charge is 2.37. The predicted molar refractivity (Wildman–Crippen MR) is 70.7 cm³/mol. The molecule has 0 spiro atoms. The molecule has 0 heterocycles. The van der Waals surface area contributed by atoms with E-state index in [0.717, 1.165) is 0 Å². The summed E-state index contributed by atoms with van der Waals surface area (Å²) in [6.07, 6.45) is 0. The Morgan fingerprint density at radius 3 is 2.18 bits per heavy atom. The number of hydrogen-bond acceptors (Lipinski definition) is 1. The monoisotopic (exact) mass is 310 g/mol. The Kier molecular flexibility index (Phi) is 4.93. The molecule has 0 aromatic heterocycles. The zero-order valence-corrected chi connectivity index (χ0v) is 11.3. The maximum Gasteiger partial charge on any atom is 0.346 e. The summed E-state index contributed by atoms with van der Waals surface area (Å²) in [4.78, 5) is 10.7. The molecule has 0 aliphatic carbocycles. The van der Waals surface area contributed by atoms with Crippen molar-refractivity contribution in [3.8, 4) is 0 Å². The normalized spacial score (nSPS) is 10.6. The maximum atomic E-state index is 10.7. The summed E-state index contributed by atoms with van der Waals surface area (Å²) in [6, 6.07) is 8.76. The van der Waals surface area contributed by atoms with E-state index < -0.39 is 15.3 Å². The van der Waals surface area contributed by atoms with Gasteiger partial charge in [0.25, 0.3) is 4.33 Å². The van der Waals surface area contributed by atoms with Gasteiger partial charge in [-0.1, -0.05) is 82.5 Å². The van der Waals surface area contributed by atoms with Crippen LogP contribution in [0.5, 0.6) is 0 Å². The summed E-state index contributed by atoms with van der Waals surface area (Å²) in [7, 11) is 0. The highest BCUT2D eigenvalue weighted by Crippen LogP contribution is 2.33. The van der Waals surface area contributed by atoms with E-state index >= 15 is 0 Å². The van der Waals surface area contributed by atoms with Gasteiger partial charge in [-0.25, -0.2) is 4.79 Å². The van der Waals surface area contributed by atoms with Gasteiger partial charge < -0.3 is 5.11 Å². The van der Waals surface area contributed by atoms with Crippen LogP contribution in [0.1, 0.15) is 5.56 Å². The van der Waals surface area contributed by atoms with Crippen LogP contribution < -0.4 is 0 Å². The van der Waals surface area contributed by atoms with E-state index in [1.807, 2.05) is 6.07 Å². The fourth-order valence-corrected chi connectivity index (χ4v) is 1.46. The Morgan fingerprint density at radius 2 is 1.71 bits per heavy atom. The molecule has 0 unspecified atom stereocenters. The standard InChI is InChI=1S/C11H6Cl4O2/c12-8(7-4-2-1-3-5-7)6-9(13)11(14,15)10(16)17/h1-5H,(H,16,17). The van der Waals surface area contributed by atoms with Crippen molar-refractivity contribution in [1.29, 1.82) is 0 Å². The maximum absolute atomic E-state index is 10.7. The molecule has 90 valence electrons. The molecule has 0 fully saturated rings. The number of benzene rings is 1. The average Bonchev–Trinajstić information content (AvgIpc) is 2.29. The second-order valence-electron chi connectivity index (χ2n) is 3.00. The summed E-state index contributed by atoms with van der Waals surface area (Å²) in [5, 5.41) is 8.46. The molecule has 0 amide bonds. The Bertz CT molecular complexity index is 487. The fourth-order valence-electron chi connectivity index (χ4n) is 0.925. The van der Waals surface area contributed by atoms with E-state index in [4.69, 9.17) is 51.5 Å². The van der Waals surface area contributed by atoms with E-state index in [9.17, 15) is 4.79 Å². The highest BCUT2D eigenvalue weighted by molar-refractivity contribution is 6.64. The smallest absolute Gasteiger partial charge is 0.346 e. The topological polar surface area (TPSA) is 37.3 Å². The van der Waals surface area contributed by atoms with Crippen molar-refractivity contribution < 1.29 is 9.90 Å². The van der Waals surface area contributed by atoms with Crippen molar-refractivity contribution in [2.75, 3.05) is 0 Å². The molecule has 0 aliphatic rings. The largest absolute Gasteiger partial charge is 0.479 e. The van der Waals surface area contributed by atoms with Crippen molar-refractivity contribution in [3.63, 3.8) is 0 Å². The molecular weight excluding hydrogens is 306 g/mol. The number of halogens is 4. The minimum Gasteiger partial charge on any atom is -0.479 e. The minimum atomic E-state index is -2.25. The number of hydrogen-bond donors (Lipinski definition) is 1. The summed E-state index contributed by atoms with van der Waals surface area (Å²) in [5.41, 5.74) is 3.06. The lowest BCUT2D eigenvalue weighted by Crippen LogP contribution is -2.25. The number of alkyl halides is 2. The summed E-state index contributed by atoms with van der Waals surface area (Å²) in [5.74, 6) is -1.49. The van der Waals surface area contributed by atoms with Crippen LogP contribution in [0, 0.1) is 0 Å². The molecule has 0 radical (unpaired) electrons. The summed E-state index contributed by atoms with van der Waals surface area (Å²) < 4.78 is -2.25. The Hall–Kier alpha value is -0.630. The van der Waals surface area contributed by atoms with Gasteiger partial charge in [0.1, 0.15) is 5.03 Å². The van der Waals surface area contributed by atoms with Crippen molar-refractivity contribution in [3.05, 3.63) is 46.7 Å². The van der Waals surface area contributed by atoms with Gasteiger partial charge in [-0.3, -0.25) is 0 Å². The molecule has 0 aliphatic heterocycles. The lowest BCUT2D eigenvalue weighted by atomic mass is 10.2. The Labute approximate surface area is 118 Å². The number of carboxylic acid groups (broad SMARTS) is 1. The highest BCUT2D eigenvalue weighted by atomic mass is 35.5. The Morgan fingerprint density at radius 1 is 1.18 bits per heavy atom. The van der Waals surface area contributed by atoms with Crippen LogP contribution in [-0.2, 0) is 4.79 Å². The molecule has 0 saturated carbocycles. The van der Waals surface area contributed by atoms with Crippen LogP contribution >= 0.6 is 46.4 Å². The molecule has 2 nitrogen and oxygen atoms in total. The van der Waals surface area contributed by atoms with Gasteiger partial charge in [0.15, 0.2) is 0 Å². The molecule has 0 atom stereocenters. The van der Waals surface area contributed by atoms with Gasteiger partial charge in [0.05, 0.1) is 5.03 Å². The lowest BCUT2D eigenvalue weighted by molar-refractivity contribution is -0.136. The third-order valence-electron chi connectivity index (χ3n) is 1.79.